The molecule has 0 aliphatic carbocycles. The van der Waals surface area contributed by atoms with Crippen LogP contribution in [0.15, 0.2) is 47.4 Å². The molecule has 2 aromatic carbocycles. The van der Waals surface area contributed by atoms with Gasteiger partial charge in [0.15, 0.2) is 0 Å². The van der Waals surface area contributed by atoms with E-state index < -0.39 is 21.9 Å². The Balaban J connectivity index is 1.89. The van der Waals surface area contributed by atoms with Gasteiger partial charge in [-0.2, -0.15) is 0 Å². The van der Waals surface area contributed by atoms with Gasteiger partial charge in [0.05, 0.1) is 22.6 Å². The molecule has 2 aromatic rings. The minimum Gasteiger partial charge on any atom is -0.462 e. The molecule has 0 aromatic heterocycles. The number of anilines is 2. The molecule has 8 nitrogen and oxygen atoms in total. The number of rotatable bonds is 8. The first-order chi connectivity index (χ1) is 15.7. The summed E-state index contributed by atoms with van der Waals surface area (Å²) in [6.07, 6.45) is 3.92. The Bertz CT molecular complexity index is 1090. The number of esters is 1. The molecule has 1 N–H and O–H groups in total. The van der Waals surface area contributed by atoms with Crippen LogP contribution in [-0.2, 0) is 14.8 Å². The predicted octanol–water partition coefficient (Wildman–Crippen LogP) is 3.75. The molecule has 0 atom stereocenters. The van der Waals surface area contributed by atoms with Gasteiger partial charge in [0, 0.05) is 38.6 Å². The second kappa shape index (κ2) is 10.8. The molecule has 1 aliphatic rings. The molecule has 1 saturated heterocycles. The zero-order chi connectivity index (χ0) is 24.0. The lowest BCUT2D eigenvalue weighted by Gasteiger charge is -2.30. The topological polar surface area (TPSA) is 96.0 Å². The van der Waals surface area contributed by atoms with Gasteiger partial charge in [-0.15, -0.1) is 0 Å². The third kappa shape index (κ3) is 5.91. The van der Waals surface area contributed by atoms with Crippen molar-refractivity contribution in [2.45, 2.75) is 37.5 Å². The number of hydrogen-bond donors (Lipinski definition) is 1. The van der Waals surface area contributed by atoms with Gasteiger partial charge in [0.2, 0.25) is 10.0 Å². The summed E-state index contributed by atoms with van der Waals surface area (Å²) in [5, 5.41) is 2.83. The highest BCUT2D eigenvalue weighted by Crippen LogP contribution is 2.28. The third-order valence-electron chi connectivity index (χ3n) is 5.50. The van der Waals surface area contributed by atoms with E-state index in [0.29, 0.717) is 29.1 Å². The number of ether oxygens (including phenoxy) is 1. The van der Waals surface area contributed by atoms with E-state index >= 15 is 0 Å². The van der Waals surface area contributed by atoms with E-state index in [-0.39, 0.29) is 4.90 Å². The van der Waals surface area contributed by atoms with Gasteiger partial charge in [-0.3, -0.25) is 4.79 Å². The Morgan fingerprint density at radius 1 is 1.03 bits per heavy atom. The second-order valence-electron chi connectivity index (χ2n) is 8.18. The number of carbonyl (C=O) groups excluding carboxylic acids is 2. The van der Waals surface area contributed by atoms with Crippen LogP contribution in [0, 0.1) is 0 Å². The van der Waals surface area contributed by atoms with Crippen LogP contribution in [0.4, 0.5) is 11.4 Å². The van der Waals surface area contributed by atoms with Crippen molar-refractivity contribution in [1.29, 1.82) is 0 Å². The van der Waals surface area contributed by atoms with Crippen LogP contribution in [0.2, 0.25) is 0 Å². The molecular formula is C24H31N3O5S. The summed E-state index contributed by atoms with van der Waals surface area (Å²) in [7, 11) is -0.775. The van der Waals surface area contributed by atoms with Gasteiger partial charge >= 0.3 is 5.97 Å². The Labute approximate surface area is 195 Å². The van der Waals surface area contributed by atoms with Crippen LogP contribution in [0.1, 0.15) is 53.3 Å². The van der Waals surface area contributed by atoms with Crippen molar-refractivity contribution < 1.29 is 22.7 Å². The molecule has 1 heterocycles. The summed E-state index contributed by atoms with van der Waals surface area (Å²) in [6, 6.07) is 11.1. The number of nitrogens with zero attached hydrogens (tertiary/aromatic N) is 2. The molecule has 0 bridgehead atoms. The largest absolute Gasteiger partial charge is 0.462 e. The van der Waals surface area contributed by atoms with Gasteiger partial charge in [-0.25, -0.2) is 17.5 Å². The second-order valence-corrected chi connectivity index (χ2v) is 10.3. The van der Waals surface area contributed by atoms with Crippen molar-refractivity contribution in [2.75, 3.05) is 44.0 Å². The van der Waals surface area contributed by atoms with Crippen molar-refractivity contribution in [3.05, 3.63) is 53.6 Å². The number of hydrogen-bond acceptors (Lipinski definition) is 6. The fourth-order valence-electron chi connectivity index (χ4n) is 3.65. The Morgan fingerprint density at radius 2 is 1.70 bits per heavy atom. The highest BCUT2D eigenvalue weighted by molar-refractivity contribution is 7.89. The molecule has 0 saturated carbocycles. The Kier molecular flexibility index (Phi) is 8.10. The molecule has 0 radical (unpaired) electrons. The molecule has 1 amide bonds. The molecule has 178 valence electrons. The lowest BCUT2D eigenvalue weighted by molar-refractivity contribution is 0.0505. The van der Waals surface area contributed by atoms with E-state index in [0.717, 1.165) is 43.1 Å². The van der Waals surface area contributed by atoms with Crippen LogP contribution < -0.4 is 10.2 Å². The average molecular weight is 474 g/mol. The smallest absolute Gasteiger partial charge is 0.338 e. The molecule has 0 spiro atoms. The normalized spacial score (nSPS) is 14.2. The van der Waals surface area contributed by atoms with Crippen LogP contribution in [-0.4, -0.2) is 58.4 Å². The van der Waals surface area contributed by atoms with E-state index in [1.807, 2.05) is 6.92 Å². The lowest BCUT2D eigenvalue weighted by Crippen LogP contribution is -2.32. The quantitative estimate of drug-likeness (QED) is 0.587. The monoisotopic (exact) mass is 473 g/mol. The summed E-state index contributed by atoms with van der Waals surface area (Å²) in [5.41, 5.74) is 1.91. The van der Waals surface area contributed by atoms with Crippen LogP contribution in [0.25, 0.3) is 0 Å². The standard InChI is InChI=1S/C24H31N3O5S/c1-4-16-32-24(29)18-8-10-19(11-9-18)25-23(28)21-17-20(33(30,31)26(2)3)12-13-22(21)27-14-6-5-7-15-27/h8-13,17H,4-7,14-16H2,1-3H3,(H,25,28). The minimum atomic E-state index is -3.69. The first kappa shape index (κ1) is 24.7. The number of sulfonamides is 1. The Morgan fingerprint density at radius 3 is 2.30 bits per heavy atom. The van der Waals surface area contributed by atoms with Gasteiger partial charge in [0.25, 0.3) is 5.91 Å². The predicted molar refractivity (Wildman–Crippen MR) is 128 cm³/mol. The number of benzene rings is 2. The maximum absolute atomic E-state index is 13.2. The molecule has 0 unspecified atom stereocenters. The van der Waals surface area contributed by atoms with E-state index in [4.69, 9.17) is 4.74 Å². The van der Waals surface area contributed by atoms with Crippen molar-refractivity contribution in [1.82, 2.24) is 4.31 Å². The van der Waals surface area contributed by atoms with Crippen LogP contribution in [0.5, 0.6) is 0 Å². The van der Waals surface area contributed by atoms with Crippen molar-refractivity contribution in [2.24, 2.45) is 0 Å². The highest BCUT2D eigenvalue weighted by atomic mass is 32.2. The fraction of sp³-hybridized carbons (Fsp3) is 0.417. The van der Waals surface area contributed by atoms with Crippen LogP contribution >= 0.6 is 0 Å². The van der Waals surface area contributed by atoms with Crippen molar-refractivity contribution in [3.8, 4) is 0 Å². The molecule has 9 heteroatoms. The molecule has 1 aliphatic heterocycles. The van der Waals surface area contributed by atoms with E-state index in [1.165, 1.54) is 20.2 Å². The number of nitrogens with one attached hydrogen (secondary N) is 1. The van der Waals surface area contributed by atoms with Gasteiger partial charge in [-0.1, -0.05) is 6.92 Å². The maximum atomic E-state index is 13.2. The maximum Gasteiger partial charge on any atom is 0.338 e. The summed E-state index contributed by atoms with van der Waals surface area (Å²) >= 11 is 0. The number of piperidine rings is 1. The Hall–Kier alpha value is -2.91. The molecule has 33 heavy (non-hydrogen) atoms. The minimum absolute atomic E-state index is 0.0624. The van der Waals surface area contributed by atoms with Gasteiger partial charge < -0.3 is 15.0 Å². The summed E-state index contributed by atoms with van der Waals surface area (Å²) < 4.78 is 31.6. The average Bonchev–Trinajstić information content (AvgIpc) is 2.83. The summed E-state index contributed by atoms with van der Waals surface area (Å²) in [6.45, 7) is 3.90. The van der Waals surface area contributed by atoms with Crippen molar-refractivity contribution >= 4 is 33.3 Å². The first-order valence-corrected chi connectivity index (χ1v) is 12.6. The third-order valence-corrected chi connectivity index (χ3v) is 7.31. The highest BCUT2D eigenvalue weighted by Gasteiger charge is 2.24. The molecule has 3 rings (SSSR count). The van der Waals surface area contributed by atoms with E-state index in [9.17, 15) is 18.0 Å². The fourth-order valence-corrected chi connectivity index (χ4v) is 4.57. The SMILES string of the molecule is CCCOC(=O)c1ccc(NC(=O)c2cc(S(=O)(=O)N(C)C)ccc2N2CCCCC2)cc1. The first-order valence-electron chi connectivity index (χ1n) is 11.1. The van der Waals surface area contributed by atoms with Gasteiger partial charge in [0.1, 0.15) is 0 Å². The molecular weight excluding hydrogens is 442 g/mol. The lowest BCUT2D eigenvalue weighted by atomic mass is 10.1. The number of amides is 1. The van der Waals surface area contributed by atoms with Crippen molar-refractivity contribution in [3.63, 3.8) is 0 Å². The van der Waals surface area contributed by atoms with E-state index in [1.54, 1.807) is 36.4 Å². The van der Waals surface area contributed by atoms with E-state index in [2.05, 4.69) is 10.2 Å². The zero-order valence-electron chi connectivity index (χ0n) is 19.3. The summed E-state index contributed by atoms with van der Waals surface area (Å²) in [5.74, 6) is -0.823. The summed E-state index contributed by atoms with van der Waals surface area (Å²) in [4.78, 5) is 27.4. The molecule has 1 fully saturated rings. The number of carbonyl (C=O) groups is 2. The van der Waals surface area contributed by atoms with Crippen LogP contribution in [0.3, 0.4) is 0 Å². The zero-order valence-corrected chi connectivity index (χ0v) is 20.2. The van der Waals surface area contributed by atoms with Gasteiger partial charge in [-0.05, 0) is 68.1 Å².